The van der Waals surface area contributed by atoms with Crippen LogP contribution in [0.15, 0.2) is 41.3 Å². The van der Waals surface area contributed by atoms with Crippen LogP contribution < -0.4 is 4.72 Å². The van der Waals surface area contributed by atoms with Crippen molar-refractivity contribution in [2.24, 2.45) is 0 Å². The average molecular weight is 488 g/mol. The number of aromatic hydroxyl groups is 1. The number of anilines is 1. The topological polar surface area (TPSA) is 66.4 Å². The predicted molar refractivity (Wildman–Crippen MR) is 144 cm³/mol. The summed E-state index contributed by atoms with van der Waals surface area (Å²) in [6, 6.07) is 10.5. The molecule has 0 spiro atoms. The van der Waals surface area contributed by atoms with Gasteiger partial charge in [0.2, 0.25) is 0 Å². The second-order valence-corrected chi connectivity index (χ2v) is 12.7. The maximum absolute atomic E-state index is 13.2. The molecule has 0 radical (unpaired) electrons. The number of unbranched alkanes of at least 4 members (excludes halogenated alkanes) is 4. The highest BCUT2D eigenvalue weighted by Crippen LogP contribution is 2.45. The van der Waals surface area contributed by atoms with Crippen LogP contribution in [0.2, 0.25) is 0 Å². The van der Waals surface area contributed by atoms with E-state index in [0.29, 0.717) is 11.4 Å². The third-order valence-corrected chi connectivity index (χ3v) is 8.36. The molecule has 0 fully saturated rings. The molecule has 34 heavy (non-hydrogen) atoms. The maximum Gasteiger partial charge on any atom is 0.261 e. The largest absolute Gasteiger partial charge is 0.507 e. The van der Waals surface area contributed by atoms with Crippen LogP contribution in [0.25, 0.3) is 0 Å². The fourth-order valence-corrected chi connectivity index (χ4v) is 5.60. The summed E-state index contributed by atoms with van der Waals surface area (Å²) in [5.41, 5.74) is 2.58. The van der Waals surface area contributed by atoms with E-state index in [-0.39, 0.29) is 15.7 Å². The van der Waals surface area contributed by atoms with E-state index in [9.17, 15) is 13.5 Å². The van der Waals surface area contributed by atoms with Gasteiger partial charge in [-0.3, -0.25) is 4.72 Å². The van der Waals surface area contributed by atoms with E-state index in [0.717, 1.165) is 68.1 Å². The molecule has 0 aliphatic rings. The zero-order valence-corrected chi connectivity index (χ0v) is 23.1. The van der Waals surface area contributed by atoms with Crippen molar-refractivity contribution in [3.05, 3.63) is 53.1 Å². The molecule has 2 aromatic rings. The van der Waals surface area contributed by atoms with Crippen molar-refractivity contribution in [2.75, 3.05) is 4.72 Å². The molecule has 2 rings (SSSR count). The molecule has 4 nitrogen and oxygen atoms in total. The highest BCUT2D eigenvalue weighted by atomic mass is 32.2. The highest BCUT2D eigenvalue weighted by Gasteiger charge is 2.31. The molecule has 0 aliphatic carbocycles. The van der Waals surface area contributed by atoms with E-state index >= 15 is 0 Å². The van der Waals surface area contributed by atoms with Gasteiger partial charge in [0.1, 0.15) is 5.75 Å². The fourth-order valence-electron chi connectivity index (χ4n) is 4.56. The number of rotatable bonds is 13. The van der Waals surface area contributed by atoms with Crippen molar-refractivity contribution in [3.63, 3.8) is 0 Å². The first-order chi connectivity index (χ1) is 15.8. The van der Waals surface area contributed by atoms with Crippen LogP contribution in [0.1, 0.15) is 110 Å². The van der Waals surface area contributed by atoms with E-state index in [1.54, 1.807) is 24.3 Å². The van der Waals surface area contributed by atoms with Crippen molar-refractivity contribution in [2.45, 2.75) is 116 Å². The smallest absolute Gasteiger partial charge is 0.261 e. The molecule has 0 unspecified atom stereocenters. The second-order valence-electron chi connectivity index (χ2n) is 11.0. The van der Waals surface area contributed by atoms with Crippen molar-refractivity contribution in [1.29, 1.82) is 0 Å². The van der Waals surface area contributed by atoms with Crippen LogP contribution in [0, 0.1) is 6.92 Å². The molecule has 2 N–H and O–H groups in total. The molecule has 0 saturated carbocycles. The van der Waals surface area contributed by atoms with Crippen molar-refractivity contribution in [1.82, 2.24) is 0 Å². The number of hydrogen-bond acceptors (Lipinski definition) is 3. The van der Waals surface area contributed by atoms with Gasteiger partial charge in [-0.2, -0.15) is 0 Å². The normalized spacial score (nSPS) is 12.7. The summed E-state index contributed by atoms with van der Waals surface area (Å²) in [5, 5.41) is 11.5. The molecule has 190 valence electrons. The summed E-state index contributed by atoms with van der Waals surface area (Å²) in [5.74, 6) is 0.307. The van der Waals surface area contributed by atoms with Crippen LogP contribution in [0.5, 0.6) is 5.75 Å². The minimum atomic E-state index is -3.74. The summed E-state index contributed by atoms with van der Waals surface area (Å²) in [7, 11) is -3.74. The number of phenolic OH excluding ortho intramolecular Hbond substituents is 1. The van der Waals surface area contributed by atoms with Crippen LogP contribution in [0.4, 0.5) is 5.69 Å². The molecular weight excluding hydrogens is 442 g/mol. The van der Waals surface area contributed by atoms with Gasteiger partial charge in [0.25, 0.3) is 10.0 Å². The lowest BCUT2D eigenvalue weighted by molar-refractivity contribution is 0.381. The first-order valence-electron chi connectivity index (χ1n) is 12.8. The number of aryl methyl sites for hydroxylation is 1. The van der Waals surface area contributed by atoms with E-state index in [1.807, 2.05) is 19.1 Å². The molecule has 2 aromatic carbocycles. The quantitative estimate of drug-likeness (QED) is 0.221. The van der Waals surface area contributed by atoms with Gasteiger partial charge in [-0.05, 0) is 54.9 Å². The Hall–Kier alpha value is -2.01. The van der Waals surface area contributed by atoms with E-state index in [1.165, 1.54) is 0 Å². The predicted octanol–water partition coefficient (Wildman–Crippen LogP) is 8.22. The second kappa shape index (κ2) is 11.6. The van der Waals surface area contributed by atoms with Gasteiger partial charge in [-0.1, -0.05) is 97.8 Å². The lowest BCUT2D eigenvalue weighted by atomic mass is 9.73. The number of benzene rings is 2. The molecule has 0 bridgehead atoms. The Morgan fingerprint density at radius 2 is 1.24 bits per heavy atom. The first kappa shape index (κ1) is 28.2. The Bertz CT molecular complexity index is 995. The molecule has 0 heterocycles. The van der Waals surface area contributed by atoms with Crippen LogP contribution in [0.3, 0.4) is 0 Å². The molecule has 0 aliphatic heterocycles. The van der Waals surface area contributed by atoms with Gasteiger partial charge in [-0.25, -0.2) is 8.42 Å². The molecule has 0 aromatic heterocycles. The zero-order chi connectivity index (χ0) is 25.6. The Balaban J connectivity index is 2.56. The van der Waals surface area contributed by atoms with Gasteiger partial charge in [0.15, 0.2) is 0 Å². The Labute approximate surface area is 208 Å². The average Bonchev–Trinajstić information content (AvgIpc) is 2.75. The van der Waals surface area contributed by atoms with Crippen molar-refractivity contribution < 1.29 is 13.5 Å². The van der Waals surface area contributed by atoms with Crippen LogP contribution in [-0.2, 0) is 20.9 Å². The molecule has 0 saturated heterocycles. The monoisotopic (exact) mass is 487 g/mol. The Kier molecular flexibility index (Phi) is 9.64. The summed E-state index contributed by atoms with van der Waals surface area (Å²) in [6.07, 6.45) is 8.53. The van der Waals surface area contributed by atoms with Crippen molar-refractivity contribution in [3.8, 4) is 5.75 Å². The first-order valence-corrected chi connectivity index (χ1v) is 14.3. The number of nitrogens with one attached hydrogen (secondary N) is 1. The van der Waals surface area contributed by atoms with Gasteiger partial charge in [0, 0.05) is 16.8 Å². The summed E-state index contributed by atoms with van der Waals surface area (Å²) < 4.78 is 29.1. The Morgan fingerprint density at radius 1 is 0.794 bits per heavy atom. The standard InChI is InChI=1S/C29H45NO3S/c1-8-10-12-18-28(4,5)25-20-23(30-34(32,33)24-16-14-22(3)15-17-24)21-26(27(25)31)29(6,7)19-13-11-9-2/h14-17,20-21,30-31H,8-13,18-19H2,1-7H3. The SMILES string of the molecule is CCCCCC(C)(C)c1cc(NS(=O)(=O)c2ccc(C)cc2)cc(C(C)(C)CCCCC)c1O. The number of hydrogen-bond donors (Lipinski definition) is 2. The minimum Gasteiger partial charge on any atom is -0.507 e. The van der Waals surface area contributed by atoms with Gasteiger partial charge >= 0.3 is 0 Å². The van der Waals surface area contributed by atoms with Gasteiger partial charge in [-0.15, -0.1) is 0 Å². The van der Waals surface area contributed by atoms with Crippen molar-refractivity contribution >= 4 is 15.7 Å². The van der Waals surface area contributed by atoms with Gasteiger partial charge < -0.3 is 5.11 Å². The van der Waals surface area contributed by atoms with E-state index in [2.05, 4.69) is 46.3 Å². The lowest BCUT2D eigenvalue weighted by Gasteiger charge is -2.32. The molecule has 0 amide bonds. The third kappa shape index (κ3) is 7.24. The highest BCUT2D eigenvalue weighted by molar-refractivity contribution is 7.92. The zero-order valence-electron chi connectivity index (χ0n) is 22.3. The minimum absolute atomic E-state index is 0.235. The molecule has 0 atom stereocenters. The Morgan fingerprint density at radius 3 is 1.65 bits per heavy atom. The number of phenols is 1. The summed E-state index contributed by atoms with van der Waals surface area (Å²) in [6.45, 7) is 14.9. The molecular formula is C29H45NO3S. The maximum atomic E-state index is 13.2. The summed E-state index contributed by atoms with van der Waals surface area (Å²) in [4.78, 5) is 0.235. The third-order valence-electron chi connectivity index (χ3n) is 6.96. The summed E-state index contributed by atoms with van der Waals surface area (Å²) >= 11 is 0. The van der Waals surface area contributed by atoms with Crippen LogP contribution >= 0.6 is 0 Å². The molecule has 5 heteroatoms. The van der Waals surface area contributed by atoms with Crippen LogP contribution in [-0.4, -0.2) is 13.5 Å². The number of sulfonamides is 1. The van der Waals surface area contributed by atoms with Gasteiger partial charge in [0.05, 0.1) is 4.90 Å². The fraction of sp³-hybridized carbons (Fsp3) is 0.586. The van der Waals surface area contributed by atoms with E-state index < -0.39 is 10.0 Å². The lowest BCUT2D eigenvalue weighted by Crippen LogP contribution is -2.23. The van der Waals surface area contributed by atoms with E-state index in [4.69, 9.17) is 0 Å².